The fourth-order valence-corrected chi connectivity index (χ4v) is 1.51. The van der Waals surface area contributed by atoms with Gasteiger partial charge in [-0.05, 0) is 6.42 Å². The van der Waals surface area contributed by atoms with Crippen LogP contribution in [0.1, 0.15) is 31.6 Å². The Hall–Kier alpha value is -1.76. The van der Waals surface area contributed by atoms with Crippen LogP contribution in [0.4, 0.5) is 0 Å². The van der Waals surface area contributed by atoms with E-state index >= 15 is 0 Å². The number of H-pyrrole nitrogens is 1. The molecule has 0 aliphatic heterocycles. The summed E-state index contributed by atoms with van der Waals surface area (Å²) < 4.78 is 5.17. The molecule has 0 radical (unpaired) electrons. The predicted octanol–water partition coefficient (Wildman–Crippen LogP) is 0.697. The lowest BCUT2D eigenvalue weighted by molar-refractivity contribution is 0.347. The molecule has 16 heavy (non-hydrogen) atoms. The van der Waals surface area contributed by atoms with Crippen molar-refractivity contribution in [1.82, 2.24) is 25.6 Å². The number of nitrogens with two attached hydrogens (primary N) is 1. The van der Waals surface area contributed by atoms with Crippen LogP contribution < -0.4 is 5.73 Å². The van der Waals surface area contributed by atoms with Crippen LogP contribution in [0.25, 0.3) is 11.5 Å². The molecule has 0 bridgehead atoms. The minimum atomic E-state index is 0.123. The lowest BCUT2D eigenvalue weighted by Gasteiger charge is -2.06. The van der Waals surface area contributed by atoms with Gasteiger partial charge in [-0.3, -0.25) is 0 Å². The fraction of sp³-hybridized carbons (Fsp3) is 0.556. The smallest absolute Gasteiger partial charge is 0.231 e. The van der Waals surface area contributed by atoms with Gasteiger partial charge in [-0.15, -0.1) is 0 Å². The number of nitrogens with zero attached hydrogens (tertiary/aromatic N) is 4. The second kappa shape index (κ2) is 4.84. The third-order valence-electron chi connectivity index (χ3n) is 2.36. The first-order valence-electron chi connectivity index (χ1n) is 5.25. The summed E-state index contributed by atoms with van der Waals surface area (Å²) in [6.07, 6.45) is 3.52. The molecule has 2 aromatic rings. The first-order chi connectivity index (χ1) is 7.85. The molecule has 1 unspecified atom stereocenters. The van der Waals surface area contributed by atoms with E-state index in [2.05, 4.69) is 32.5 Å². The normalized spacial score (nSPS) is 12.9. The standard InChI is InChI=1S/C9H14N6O/c1-2-3-6(4-10)9-12-8(14-16-9)7-5-11-15-13-7/h5-6H,2-4,10H2,1H3,(H,11,13,15). The van der Waals surface area contributed by atoms with Crippen LogP contribution >= 0.6 is 0 Å². The highest BCUT2D eigenvalue weighted by molar-refractivity contribution is 5.44. The van der Waals surface area contributed by atoms with Crippen LogP contribution in [0, 0.1) is 0 Å². The molecule has 0 aromatic carbocycles. The molecule has 0 saturated carbocycles. The van der Waals surface area contributed by atoms with Crippen molar-refractivity contribution in [3.05, 3.63) is 12.1 Å². The number of rotatable bonds is 5. The zero-order valence-corrected chi connectivity index (χ0v) is 9.05. The minimum absolute atomic E-state index is 0.123. The Morgan fingerprint density at radius 2 is 2.44 bits per heavy atom. The molecule has 0 fully saturated rings. The summed E-state index contributed by atoms with van der Waals surface area (Å²) >= 11 is 0. The van der Waals surface area contributed by atoms with Gasteiger partial charge in [0.2, 0.25) is 11.7 Å². The van der Waals surface area contributed by atoms with E-state index in [4.69, 9.17) is 10.3 Å². The molecule has 2 aromatic heterocycles. The molecule has 2 heterocycles. The summed E-state index contributed by atoms with van der Waals surface area (Å²) in [5, 5.41) is 13.9. The topological polar surface area (TPSA) is 107 Å². The summed E-state index contributed by atoms with van der Waals surface area (Å²) in [4.78, 5) is 4.26. The van der Waals surface area contributed by atoms with Crippen molar-refractivity contribution in [2.75, 3.05) is 6.54 Å². The van der Waals surface area contributed by atoms with Crippen LogP contribution in [0.3, 0.4) is 0 Å². The zero-order valence-electron chi connectivity index (χ0n) is 9.05. The van der Waals surface area contributed by atoms with Gasteiger partial charge in [0.1, 0.15) is 0 Å². The molecule has 7 heteroatoms. The van der Waals surface area contributed by atoms with E-state index in [1.165, 1.54) is 0 Å². The molecular formula is C9H14N6O. The number of hydrogen-bond donors (Lipinski definition) is 2. The average Bonchev–Trinajstić information content (AvgIpc) is 2.95. The Kier molecular flexibility index (Phi) is 3.25. The van der Waals surface area contributed by atoms with E-state index in [-0.39, 0.29) is 5.92 Å². The molecule has 3 N–H and O–H groups in total. The molecule has 0 aliphatic rings. The molecule has 2 rings (SSSR count). The zero-order chi connectivity index (χ0) is 11.4. The van der Waals surface area contributed by atoms with Gasteiger partial charge in [-0.1, -0.05) is 18.5 Å². The third kappa shape index (κ3) is 2.08. The lowest BCUT2D eigenvalue weighted by Crippen LogP contribution is -2.12. The monoisotopic (exact) mass is 222 g/mol. The van der Waals surface area contributed by atoms with Crippen molar-refractivity contribution in [2.45, 2.75) is 25.7 Å². The molecule has 86 valence electrons. The highest BCUT2D eigenvalue weighted by atomic mass is 16.5. The first kappa shape index (κ1) is 10.7. The van der Waals surface area contributed by atoms with Crippen LogP contribution in [0.5, 0.6) is 0 Å². The summed E-state index contributed by atoms with van der Waals surface area (Å²) in [7, 11) is 0. The Bertz CT molecular complexity index is 423. The van der Waals surface area contributed by atoms with E-state index in [1.54, 1.807) is 6.20 Å². The fourth-order valence-electron chi connectivity index (χ4n) is 1.51. The van der Waals surface area contributed by atoms with Gasteiger partial charge in [0.25, 0.3) is 0 Å². The van der Waals surface area contributed by atoms with Gasteiger partial charge < -0.3 is 10.3 Å². The van der Waals surface area contributed by atoms with E-state index in [9.17, 15) is 0 Å². The molecule has 0 aliphatic carbocycles. The van der Waals surface area contributed by atoms with Crippen molar-refractivity contribution in [2.24, 2.45) is 5.73 Å². The van der Waals surface area contributed by atoms with Crippen LogP contribution in [0.15, 0.2) is 10.7 Å². The number of aromatic nitrogens is 5. The van der Waals surface area contributed by atoms with Crippen molar-refractivity contribution in [3.8, 4) is 11.5 Å². The summed E-state index contributed by atoms with van der Waals surface area (Å²) in [5.41, 5.74) is 6.23. The van der Waals surface area contributed by atoms with Gasteiger partial charge in [0.05, 0.1) is 12.1 Å². The maximum atomic E-state index is 5.66. The minimum Gasteiger partial charge on any atom is -0.339 e. The number of aromatic amines is 1. The summed E-state index contributed by atoms with van der Waals surface area (Å²) in [6, 6.07) is 0. The highest BCUT2D eigenvalue weighted by Crippen LogP contribution is 2.20. The van der Waals surface area contributed by atoms with Crippen LogP contribution in [-0.2, 0) is 0 Å². The van der Waals surface area contributed by atoms with Crippen LogP contribution in [-0.4, -0.2) is 32.1 Å². The van der Waals surface area contributed by atoms with Crippen molar-refractivity contribution in [3.63, 3.8) is 0 Å². The molecule has 0 saturated heterocycles. The Labute approximate surface area is 92.4 Å². The maximum Gasteiger partial charge on any atom is 0.231 e. The van der Waals surface area contributed by atoms with Gasteiger partial charge in [0, 0.05) is 6.54 Å². The second-order valence-electron chi connectivity index (χ2n) is 3.53. The Balaban J connectivity index is 2.18. The van der Waals surface area contributed by atoms with E-state index in [0.717, 1.165) is 12.8 Å². The largest absolute Gasteiger partial charge is 0.339 e. The second-order valence-corrected chi connectivity index (χ2v) is 3.53. The van der Waals surface area contributed by atoms with Crippen molar-refractivity contribution in [1.29, 1.82) is 0 Å². The van der Waals surface area contributed by atoms with Crippen molar-refractivity contribution < 1.29 is 4.52 Å². The average molecular weight is 222 g/mol. The number of hydrogen-bond acceptors (Lipinski definition) is 6. The Morgan fingerprint density at radius 1 is 1.56 bits per heavy atom. The SMILES string of the molecule is CCCC(CN)c1nc(-c2cn[nH]n2)no1. The Morgan fingerprint density at radius 3 is 3.06 bits per heavy atom. The van der Waals surface area contributed by atoms with Gasteiger partial charge in [-0.2, -0.15) is 20.4 Å². The van der Waals surface area contributed by atoms with Gasteiger partial charge >= 0.3 is 0 Å². The first-order valence-corrected chi connectivity index (χ1v) is 5.25. The molecule has 1 atom stereocenters. The molecule has 7 nitrogen and oxygen atoms in total. The number of nitrogens with one attached hydrogen (secondary N) is 1. The predicted molar refractivity (Wildman–Crippen MR) is 56.4 cm³/mol. The highest BCUT2D eigenvalue weighted by Gasteiger charge is 2.18. The third-order valence-corrected chi connectivity index (χ3v) is 2.36. The van der Waals surface area contributed by atoms with E-state index in [1.807, 2.05) is 0 Å². The maximum absolute atomic E-state index is 5.66. The molecular weight excluding hydrogens is 208 g/mol. The van der Waals surface area contributed by atoms with E-state index < -0.39 is 0 Å². The van der Waals surface area contributed by atoms with E-state index in [0.29, 0.717) is 24.0 Å². The summed E-state index contributed by atoms with van der Waals surface area (Å²) in [5.74, 6) is 1.14. The molecule has 0 amide bonds. The van der Waals surface area contributed by atoms with Crippen LogP contribution in [0.2, 0.25) is 0 Å². The lowest BCUT2D eigenvalue weighted by atomic mass is 10.0. The molecule has 0 spiro atoms. The van der Waals surface area contributed by atoms with Gasteiger partial charge in [0.15, 0.2) is 5.69 Å². The quantitative estimate of drug-likeness (QED) is 0.771. The summed E-state index contributed by atoms with van der Waals surface area (Å²) in [6.45, 7) is 2.60. The van der Waals surface area contributed by atoms with Gasteiger partial charge in [-0.25, -0.2) is 0 Å². The van der Waals surface area contributed by atoms with Crippen molar-refractivity contribution >= 4 is 0 Å².